The molecule has 0 aromatic carbocycles. The summed E-state index contributed by atoms with van der Waals surface area (Å²) in [7, 11) is 0. The fourth-order valence-electron chi connectivity index (χ4n) is 2.92. The van der Waals surface area contributed by atoms with Crippen LogP contribution in [0.4, 0.5) is 0 Å². The average molecular weight is 265 g/mol. The van der Waals surface area contributed by atoms with Gasteiger partial charge in [-0.1, -0.05) is 32.3 Å². The molecule has 1 heterocycles. The van der Waals surface area contributed by atoms with Crippen LogP contribution in [0.5, 0.6) is 0 Å². The normalized spacial score (nSPS) is 23.2. The van der Waals surface area contributed by atoms with Crippen LogP contribution in [0, 0.1) is 5.41 Å². The van der Waals surface area contributed by atoms with Crippen molar-refractivity contribution in [3.05, 3.63) is 11.7 Å². The molecule has 0 radical (unpaired) electrons. The number of aromatic nitrogens is 2. The Bertz CT molecular complexity index is 413. The lowest BCUT2D eigenvalue weighted by Gasteiger charge is -2.32. The topological polar surface area (TPSA) is 64.9 Å². The molecule has 1 unspecified atom stereocenters. The molecule has 0 amide bonds. The molecule has 4 heteroatoms. The molecule has 0 spiro atoms. The van der Waals surface area contributed by atoms with Crippen molar-refractivity contribution in [2.24, 2.45) is 11.1 Å². The minimum Gasteiger partial charge on any atom is -0.337 e. The van der Waals surface area contributed by atoms with E-state index >= 15 is 0 Å². The van der Waals surface area contributed by atoms with Crippen molar-refractivity contribution in [3.8, 4) is 0 Å². The van der Waals surface area contributed by atoms with E-state index in [4.69, 9.17) is 10.3 Å². The molecule has 108 valence electrons. The molecule has 4 nitrogen and oxygen atoms in total. The summed E-state index contributed by atoms with van der Waals surface area (Å²) >= 11 is 0. The Labute approximate surface area is 116 Å². The number of nitrogens with two attached hydrogens (primary N) is 1. The fourth-order valence-corrected chi connectivity index (χ4v) is 2.92. The average Bonchev–Trinajstić information content (AvgIpc) is 2.79. The zero-order valence-corrected chi connectivity index (χ0v) is 12.7. The second-order valence-corrected chi connectivity index (χ2v) is 7.06. The van der Waals surface area contributed by atoms with Crippen molar-refractivity contribution >= 4 is 0 Å². The van der Waals surface area contributed by atoms with Gasteiger partial charge in [-0.3, -0.25) is 0 Å². The van der Waals surface area contributed by atoms with Gasteiger partial charge >= 0.3 is 0 Å². The molecular weight excluding hydrogens is 238 g/mol. The second kappa shape index (κ2) is 5.23. The number of rotatable bonds is 4. The van der Waals surface area contributed by atoms with E-state index < -0.39 is 5.54 Å². The molecule has 2 N–H and O–H groups in total. The Hall–Kier alpha value is -0.900. The first-order valence-corrected chi connectivity index (χ1v) is 7.47. The number of hydrogen-bond donors (Lipinski definition) is 1. The fraction of sp³-hybridized carbons (Fsp3) is 0.867. The molecule has 1 aromatic heterocycles. The van der Waals surface area contributed by atoms with Crippen LogP contribution in [-0.4, -0.2) is 10.1 Å². The number of hydrogen-bond acceptors (Lipinski definition) is 4. The molecule has 1 saturated carbocycles. The third-order valence-electron chi connectivity index (χ3n) is 4.40. The van der Waals surface area contributed by atoms with Crippen molar-refractivity contribution in [3.63, 3.8) is 0 Å². The van der Waals surface area contributed by atoms with Crippen LogP contribution in [0.3, 0.4) is 0 Å². The summed E-state index contributed by atoms with van der Waals surface area (Å²) in [6.07, 6.45) is 6.66. The third-order valence-corrected chi connectivity index (χ3v) is 4.40. The van der Waals surface area contributed by atoms with Gasteiger partial charge in [-0.2, -0.15) is 4.98 Å². The lowest BCUT2D eigenvalue weighted by atomic mass is 9.73. The van der Waals surface area contributed by atoms with Crippen LogP contribution < -0.4 is 5.73 Å². The van der Waals surface area contributed by atoms with Crippen molar-refractivity contribution in [1.82, 2.24) is 10.1 Å². The Morgan fingerprint density at radius 3 is 2.58 bits per heavy atom. The predicted molar refractivity (Wildman–Crippen MR) is 75.7 cm³/mol. The van der Waals surface area contributed by atoms with Gasteiger partial charge < -0.3 is 10.3 Å². The first kappa shape index (κ1) is 14.5. The largest absolute Gasteiger partial charge is 0.337 e. The van der Waals surface area contributed by atoms with Crippen LogP contribution in [0.1, 0.15) is 83.9 Å². The molecule has 1 atom stereocenters. The lowest BCUT2D eigenvalue weighted by Crippen LogP contribution is -2.33. The maximum atomic E-state index is 6.24. The first-order chi connectivity index (χ1) is 8.84. The van der Waals surface area contributed by atoms with E-state index in [2.05, 4.69) is 30.9 Å². The molecule has 1 aliphatic carbocycles. The zero-order valence-electron chi connectivity index (χ0n) is 12.7. The van der Waals surface area contributed by atoms with Crippen molar-refractivity contribution in [1.29, 1.82) is 0 Å². The SMILES string of the molecule is CCCC(C)(N)c1nc(C2CCC(C)(C)CC2)no1. The highest BCUT2D eigenvalue weighted by Gasteiger charge is 2.32. The van der Waals surface area contributed by atoms with E-state index in [1.807, 2.05) is 6.92 Å². The first-order valence-electron chi connectivity index (χ1n) is 7.47. The van der Waals surface area contributed by atoms with E-state index in [9.17, 15) is 0 Å². The highest BCUT2D eigenvalue weighted by molar-refractivity contribution is 5.04. The van der Waals surface area contributed by atoms with Gasteiger partial charge in [-0.05, 0) is 44.4 Å². The molecule has 0 saturated heterocycles. The van der Waals surface area contributed by atoms with Gasteiger partial charge in [0.25, 0.3) is 0 Å². The highest BCUT2D eigenvalue weighted by atomic mass is 16.5. The Balaban J connectivity index is 2.06. The second-order valence-electron chi connectivity index (χ2n) is 7.06. The Morgan fingerprint density at radius 1 is 1.37 bits per heavy atom. The molecule has 1 aliphatic rings. The van der Waals surface area contributed by atoms with Crippen LogP contribution in [0.2, 0.25) is 0 Å². The monoisotopic (exact) mass is 265 g/mol. The summed E-state index contributed by atoms with van der Waals surface area (Å²) in [4.78, 5) is 4.57. The molecule has 19 heavy (non-hydrogen) atoms. The van der Waals surface area contributed by atoms with Gasteiger partial charge in [0.05, 0.1) is 5.54 Å². The van der Waals surface area contributed by atoms with Crippen LogP contribution in [0.15, 0.2) is 4.52 Å². The molecule has 0 aliphatic heterocycles. The van der Waals surface area contributed by atoms with Crippen LogP contribution >= 0.6 is 0 Å². The maximum absolute atomic E-state index is 6.24. The van der Waals surface area contributed by atoms with E-state index in [-0.39, 0.29) is 0 Å². The van der Waals surface area contributed by atoms with Gasteiger partial charge in [-0.15, -0.1) is 0 Å². The summed E-state index contributed by atoms with van der Waals surface area (Å²) in [5, 5.41) is 4.17. The van der Waals surface area contributed by atoms with E-state index in [1.165, 1.54) is 12.8 Å². The van der Waals surface area contributed by atoms with Gasteiger partial charge in [0.2, 0.25) is 5.89 Å². The molecule has 1 aromatic rings. The Morgan fingerprint density at radius 2 is 2.00 bits per heavy atom. The molecular formula is C15H27N3O. The predicted octanol–water partition coefficient (Wildman–Crippen LogP) is 3.73. The van der Waals surface area contributed by atoms with Crippen molar-refractivity contribution in [2.75, 3.05) is 0 Å². The minimum absolute atomic E-state index is 0.447. The Kier molecular flexibility index (Phi) is 4.00. The maximum Gasteiger partial charge on any atom is 0.246 e. The molecule has 2 rings (SSSR count). The van der Waals surface area contributed by atoms with Crippen LogP contribution in [0.25, 0.3) is 0 Å². The highest BCUT2D eigenvalue weighted by Crippen LogP contribution is 2.41. The number of nitrogens with zero attached hydrogens (tertiary/aromatic N) is 2. The van der Waals surface area contributed by atoms with Gasteiger partial charge in [-0.25, -0.2) is 0 Å². The standard InChI is InChI=1S/C15H27N3O/c1-5-8-15(4,16)13-17-12(18-19-13)11-6-9-14(2,3)10-7-11/h11H,5-10,16H2,1-4H3. The van der Waals surface area contributed by atoms with E-state index in [0.717, 1.165) is 31.5 Å². The summed E-state index contributed by atoms with van der Waals surface area (Å²) in [5.74, 6) is 1.90. The summed E-state index contributed by atoms with van der Waals surface area (Å²) in [5.41, 5.74) is 6.21. The third kappa shape index (κ3) is 3.35. The van der Waals surface area contributed by atoms with E-state index in [0.29, 0.717) is 17.2 Å². The van der Waals surface area contributed by atoms with Crippen LogP contribution in [-0.2, 0) is 5.54 Å². The van der Waals surface area contributed by atoms with Gasteiger partial charge in [0.15, 0.2) is 5.82 Å². The smallest absolute Gasteiger partial charge is 0.246 e. The van der Waals surface area contributed by atoms with Crippen molar-refractivity contribution in [2.45, 2.75) is 77.7 Å². The quantitative estimate of drug-likeness (QED) is 0.901. The summed E-state index contributed by atoms with van der Waals surface area (Å²) in [6.45, 7) is 8.76. The zero-order chi connectivity index (χ0) is 14.1. The molecule has 1 fully saturated rings. The summed E-state index contributed by atoms with van der Waals surface area (Å²) < 4.78 is 5.40. The van der Waals surface area contributed by atoms with Gasteiger partial charge in [0, 0.05) is 5.92 Å². The lowest BCUT2D eigenvalue weighted by molar-refractivity contribution is 0.218. The van der Waals surface area contributed by atoms with E-state index in [1.54, 1.807) is 0 Å². The summed E-state index contributed by atoms with van der Waals surface area (Å²) in [6, 6.07) is 0. The minimum atomic E-state index is -0.492. The molecule has 0 bridgehead atoms. The van der Waals surface area contributed by atoms with Crippen molar-refractivity contribution < 1.29 is 4.52 Å². The van der Waals surface area contributed by atoms with Gasteiger partial charge in [0.1, 0.15) is 0 Å².